The lowest BCUT2D eigenvalue weighted by molar-refractivity contribution is -0.385. The molecule has 0 bridgehead atoms. The summed E-state index contributed by atoms with van der Waals surface area (Å²) in [6, 6.07) is 2.68. The van der Waals surface area contributed by atoms with Crippen molar-refractivity contribution in [3.05, 3.63) is 34.6 Å². The minimum Gasteiger partial charge on any atom is -0.493 e. The van der Waals surface area contributed by atoms with Gasteiger partial charge in [-0.25, -0.2) is 17.4 Å². The summed E-state index contributed by atoms with van der Waals surface area (Å²) in [4.78, 5) is 14.8. The molecule has 1 heterocycles. The lowest BCUT2D eigenvalue weighted by Crippen LogP contribution is -2.11. The summed E-state index contributed by atoms with van der Waals surface area (Å²) >= 11 is 0. The number of hydrogen-bond acceptors (Lipinski definition) is 7. The van der Waals surface area contributed by atoms with E-state index < -0.39 is 14.9 Å². The van der Waals surface area contributed by atoms with Gasteiger partial charge in [-0.15, -0.1) is 0 Å². The molecule has 0 N–H and O–H groups in total. The van der Waals surface area contributed by atoms with Crippen molar-refractivity contribution in [1.82, 2.24) is 8.96 Å². The number of hydrogen-bond donors (Lipinski definition) is 0. The highest BCUT2D eigenvalue weighted by atomic mass is 32.2. The third-order valence-electron chi connectivity index (χ3n) is 3.13. The van der Waals surface area contributed by atoms with E-state index in [2.05, 4.69) is 4.98 Å². The van der Waals surface area contributed by atoms with E-state index in [9.17, 15) is 18.5 Å². The molecule has 130 valence electrons. The zero-order chi connectivity index (χ0) is 17.9. The molecule has 1 aromatic carbocycles. The van der Waals surface area contributed by atoms with E-state index >= 15 is 0 Å². The normalized spacial score (nSPS) is 11.3. The summed E-state index contributed by atoms with van der Waals surface area (Å²) in [5, 5.41) is 11.4. The van der Waals surface area contributed by atoms with Crippen molar-refractivity contribution in [2.45, 2.75) is 13.3 Å². The number of nitrogens with zero attached hydrogens (tertiary/aromatic N) is 3. The predicted molar refractivity (Wildman–Crippen MR) is 86.9 cm³/mol. The third kappa shape index (κ3) is 3.48. The third-order valence-corrected chi connectivity index (χ3v) is 4.13. The molecule has 0 aliphatic heterocycles. The highest BCUT2D eigenvalue weighted by molar-refractivity contribution is 7.89. The van der Waals surface area contributed by atoms with Crippen molar-refractivity contribution in [1.29, 1.82) is 0 Å². The van der Waals surface area contributed by atoms with Crippen molar-refractivity contribution in [2.24, 2.45) is 0 Å². The standard InChI is InChI=1S/C14H17N3O6S/c1-4-7-23-13-11(17(18)19)8-10(9-12(13)22-2)14-15-5-6-16(14)24(3,20)21/h5-6,8-9H,4,7H2,1-3H3. The average molecular weight is 355 g/mol. The summed E-state index contributed by atoms with van der Waals surface area (Å²) in [5.41, 5.74) is -0.0846. The first-order valence-corrected chi connectivity index (χ1v) is 8.88. The SMILES string of the molecule is CCCOc1c(OC)cc(-c2nccn2S(C)(=O)=O)cc1[N+](=O)[O-]. The molecule has 0 atom stereocenters. The molecule has 0 aliphatic rings. The van der Waals surface area contributed by atoms with E-state index in [-0.39, 0.29) is 35.2 Å². The summed E-state index contributed by atoms with van der Waals surface area (Å²) in [6.45, 7) is 2.16. The summed E-state index contributed by atoms with van der Waals surface area (Å²) in [5.74, 6) is 0.196. The second-order valence-electron chi connectivity index (χ2n) is 4.94. The van der Waals surface area contributed by atoms with E-state index in [4.69, 9.17) is 9.47 Å². The Labute approximate surface area is 139 Å². The second-order valence-corrected chi connectivity index (χ2v) is 6.80. The Morgan fingerprint density at radius 1 is 1.38 bits per heavy atom. The fourth-order valence-electron chi connectivity index (χ4n) is 2.11. The van der Waals surface area contributed by atoms with Crippen LogP contribution in [0.15, 0.2) is 24.5 Å². The lowest BCUT2D eigenvalue weighted by Gasteiger charge is -2.12. The molecular weight excluding hydrogens is 338 g/mol. The molecule has 24 heavy (non-hydrogen) atoms. The quantitative estimate of drug-likeness (QED) is 0.551. The molecular formula is C14H17N3O6S. The van der Waals surface area contributed by atoms with E-state index in [0.717, 1.165) is 10.2 Å². The van der Waals surface area contributed by atoms with Crippen LogP contribution in [0.3, 0.4) is 0 Å². The van der Waals surface area contributed by atoms with Crippen LogP contribution in [0, 0.1) is 10.1 Å². The molecule has 0 saturated carbocycles. The second kappa shape index (κ2) is 6.87. The first-order chi connectivity index (χ1) is 11.3. The molecule has 0 spiro atoms. The van der Waals surface area contributed by atoms with Crippen LogP contribution < -0.4 is 9.47 Å². The van der Waals surface area contributed by atoms with Crippen LogP contribution in [0.25, 0.3) is 11.4 Å². The maximum absolute atomic E-state index is 11.8. The van der Waals surface area contributed by atoms with Gasteiger partial charge in [0.25, 0.3) is 0 Å². The molecule has 0 fully saturated rings. The van der Waals surface area contributed by atoms with E-state index in [1.54, 1.807) is 0 Å². The molecule has 10 heteroatoms. The van der Waals surface area contributed by atoms with Gasteiger partial charge in [0, 0.05) is 24.0 Å². The zero-order valence-electron chi connectivity index (χ0n) is 13.4. The number of nitro benzene ring substituents is 1. The van der Waals surface area contributed by atoms with Crippen molar-refractivity contribution >= 4 is 15.7 Å². The first-order valence-electron chi connectivity index (χ1n) is 7.03. The molecule has 2 aromatic rings. The van der Waals surface area contributed by atoms with Crippen LogP contribution in [0.1, 0.15) is 13.3 Å². The topological polar surface area (TPSA) is 114 Å². The number of benzene rings is 1. The Morgan fingerprint density at radius 3 is 2.62 bits per heavy atom. The molecule has 2 rings (SSSR count). The monoisotopic (exact) mass is 355 g/mol. The minimum atomic E-state index is -3.60. The van der Waals surface area contributed by atoms with Gasteiger partial charge in [-0.05, 0) is 12.5 Å². The van der Waals surface area contributed by atoms with Gasteiger partial charge >= 0.3 is 5.69 Å². The van der Waals surface area contributed by atoms with E-state index in [1.165, 1.54) is 31.6 Å². The fourth-order valence-corrected chi connectivity index (χ4v) is 2.86. The molecule has 0 radical (unpaired) electrons. The number of rotatable bonds is 7. The smallest absolute Gasteiger partial charge is 0.315 e. The van der Waals surface area contributed by atoms with Crippen molar-refractivity contribution in [3.8, 4) is 22.9 Å². The van der Waals surface area contributed by atoms with Gasteiger partial charge in [0.2, 0.25) is 15.8 Å². The van der Waals surface area contributed by atoms with E-state index in [1.807, 2.05) is 6.92 Å². The number of nitro groups is 1. The van der Waals surface area contributed by atoms with Crippen molar-refractivity contribution in [2.75, 3.05) is 20.0 Å². The largest absolute Gasteiger partial charge is 0.493 e. The van der Waals surface area contributed by atoms with Crippen molar-refractivity contribution in [3.63, 3.8) is 0 Å². The number of imidazole rings is 1. The summed E-state index contributed by atoms with van der Waals surface area (Å²) < 4.78 is 35.2. The highest BCUT2D eigenvalue weighted by Gasteiger charge is 2.25. The van der Waals surface area contributed by atoms with Gasteiger partial charge in [0.1, 0.15) is 0 Å². The molecule has 0 amide bonds. The minimum absolute atomic E-state index is 0.00515. The zero-order valence-corrected chi connectivity index (χ0v) is 14.2. The summed E-state index contributed by atoms with van der Waals surface area (Å²) in [6.07, 6.45) is 4.25. The maximum atomic E-state index is 11.8. The van der Waals surface area contributed by atoms with Gasteiger partial charge in [-0.1, -0.05) is 6.92 Å². The summed E-state index contributed by atoms with van der Waals surface area (Å²) in [7, 11) is -2.25. The van der Waals surface area contributed by atoms with Crippen LogP contribution >= 0.6 is 0 Å². The van der Waals surface area contributed by atoms with Gasteiger partial charge in [-0.2, -0.15) is 0 Å². The van der Waals surface area contributed by atoms with E-state index in [0.29, 0.717) is 6.42 Å². The fraction of sp³-hybridized carbons (Fsp3) is 0.357. The van der Waals surface area contributed by atoms with Crippen molar-refractivity contribution < 1.29 is 22.8 Å². The molecule has 1 aromatic heterocycles. The van der Waals surface area contributed by atoms with Gasteiger partial charge in [0.15, 0.2) is 11.6 Å². The Morgan fingerprint density at radius 2 is 2.08 bits per heavy atom. The van der Waals surface area contributed by atoms with Crippen LogP contribution in [0.5, 0.6) is 11.5 Å². The number of aromatic nitrogens is 2. The maximum Gasteiger partial charge on any atom is 0.315 e. The van der Waals surface area contributed by atoms with Crippen LogP contribution in [0.2, 0.25) is 0 Å². The Balaban J connectivity index is 2.68. The van der Waals surface area contributed by atoms with Gasteiger partial charge < -0.3 is 9.47 Å². The first kappa shape index (κ1) is 17.7. The number of methoxy groups -OCH3 is 1. The Hall–Kier alpha value is -2.62. The van der Waals surface area contributed by atoms with Gasteiger partial charge in [0.05, 0.1) is 24.9 Å². The Bertz CT molecular complexity index is 859. The van der Waals surface area contributed by atoms with Crippen LogP contribution in [-0.2, 0) is 10.0 Å². The van der Waals surface area contributed by atoms with Crippen LogP contribution in [-0.4, -0.2) is 42.3 Å². The van der Waals surface area contributed by atoms with Crippen LogP contribution in [0.4, 0.5) is 5.69 Å². The Kier molecular flexibility index (Phi) is 5.07. The predicted octanol–water partition coefficient (Wildman–Crippen LogP) is 2.06. The average Bonchev–Trinajstić information content (AvgIpc) is 3.01. The molecule has 0 saturated heterocycles. The highest BCUT2D eigenvalue weighted by Crippen LogP contribution is 2.41. The number of ether oxygens (including phenoxy) is 2. The van der Waals surface area contributed by atoms with Gasteiger partial charge in [-0.3, -0.25) is 10.1 Å². The molecule has 9 nitrogen and oxygen atoms in total. The lowest BCUT2D eigenvalue weighted by atomic mass is 10.1. The molecule has 0 unspecified atom stereocenters. The molecule has 0 aliphatic carbocycles.